The summed E-state index contributed by atoms with van der Waals surface area (Å²) in [5.41, 5.74) is 4.53. The number of hydrogen-bond acceptors (Lipinski definition) is 3. The average Bonchev–Trinajstić information content (AvgIpc) is 2.70. The molecule has 0 radical (unpaired) electrons. The largest absolute Gasteiger partial charge is 0.330 e. The second-order valence-electron chi connectivity index (χ2n) is 8.30. The van der Waals surface area contributed by atoms with Crippen LogP contribution in [0.15, 0.2) is 47.4 Å². The van der Waals surface area contributed by atoms with Crippen LogP contribution in [0.5, 0.6) is 0 Å². The lowest BCUT2D eigenvalue weighted by atomic mass is 10.1. The van der Waals surface area contributed by atoms with E-state index in [9.17, 15) is 13.2 Å². The fourth-order valence-corrected chi connectivity index (χ4v) is 5.00. The number of aryl methyl sites for hydroxylation is 3. The Kier molecular flexibility index (Phi) is 6.95. The monoisotopic (exact) mass is 430 g/mol. The number of piperazine rings is 1. The van der Waals surface area contributed by atoms with Gasteiger partial charge in [0.15, 0.2) is 0 Å². The molecule has 0 aliphatic carbocycles. The Morgan fingerprint density at radius 2 is 1.73 bits per heavy atom. The number of likely N-dealkylation sites (N-methyl/N-ethyl adjacent to an activating group) is 1. The SMILES string of the molecule is Cc1cccc(C[NH+]2CCN(C(=O)CN(C)S(=O)(=O)c3ccc(C)c(C)c3)CC2)c1. The number of sulfonamides is 1. The number of benzene rings is 2. The maximum Gasteiger partial charge on any atom is 0.243 e. The summed E-state index contributed by atoms with van der Waals surface area (Å²) in [6.07, 6.45) is 0. The molecule has 0 spiro atoms. The van der Waals surface area contributed by atoms with Gasteiger partial charge in [0, 0.05) is 12.6 Å². The van der Waals surface area contributed by atoms with Crippen molar-refractivity contribution in [3.8, 4) is 0 Å². The van der Waals surface area contributed by atoms with Crippen LogP contribution in [0.3, 0.4) is 0 Å². The van der Waals surface area contributed by atoms with Crippen LogP contribution in [0, 0.1) is 20.8 Å². The molecule has 0 atom stereocenters. The first-order valence-corrected chi connectivity index (χ1v) is 11.8. The summed E-state index contributed by atoms with van der Waals surface area (Å²) in [6, 6.07) is 13.6. The van der Waals surface area contributed by atoms with Crippen molar-refractivity contribution < 1.29 is 18.1 Å². The van der Waals surface area contributed by atoms with Gasteiger partial charge in [-0.2, -0.15) is 4.31 Å². The van der Waals surface area contributed by atoms with E-state index in [1.54, 1.807) is 23.1 Å². The first-order chi connectivity index (χ1) is 14.2. The second-order valence-corrected chi connectivity index (χ2v) is 10.3. The topological polar surface area (TPSA) is 62.1 Å². The van der Waals surface area contributed by atoms with Crippen LogP contribution in [0.1, 0.15) is 22.3 Å². The lowest BCUT2D eigenvalue weighted by Gasteiger charge is -2.33. The highest BCUT2D eigenvalue weighted by molar-refractivity contribution is 7.89. The highest BCUT2D eigenvalue weighted by Crippen LogP contribution is 2.18. The first-order valence-electron chi connectivity index (χ1n) is 10.4. The van der Waals surface area contributed by atoms with Crippen LogP contribution in [0.25, 0.3) is 0 Å². The Morgan fingerprint density at radius 1 is 1.03 bits per heavy atom. The van der Waals surface area contributed by atoms with Crippen molar-refractivity contribution in [1.82, 2.24) is 9.21 Å². The van der Waals surface area contributed by atoms with Crippen molar-refractivity contribution in [3.05, 3.63) is 64.7 Å². The van der Waals surface area contributed by atoms with E-state index in [2.05, 4.69) is 31.2 Å². The number of carbonyl (C=O) groups excluding carboxylic acids is 1. The molecule has 1 aliphatic rings. The van der Waals surface area contributed by atoms with E-state index in [1.807, 2.05) is 13.8 Å². The van der Waals surface area contributed by atoms with Crippen LogP contribution >= 0.6 is 0 Å². The summed E-state index contributed by atoms with van der Waals surface area (Å²) in [6.45, 7) is 9.78. The fourth-order valence-electron chi connectivity index (χ4n) is 3.79. The molecule has 0 aromatic heterocycles. The van der Waals surface area contributed by atoms with E-state index < -0.39 is 10.0 Å². The van der Waals surface area contributed by atoms with Gasteiger partial charge >= 0.3 is 0 Å². The van der Waals surface area contributed by atoms with Gasteiger partial charge in [-0.25, -0.2) is 8.42 Å². The Balaban J connectivity index is 1.55. The highest BCUT2D eigenvalue weighted by Gasteiger charge is 2.28. The van der Waals surface area contributed by atoms with Gasteiger partial charge in [0.2, 0.25) is 15.9 Å². The van der Waals surface area contributed by atoms with Crippen molar-refractivity contribution >= 4 is 15.9 Å². The first kappa shape index (κ1) is 22.5. The number of nitrogens with one attached hydrogen (secondary N) is 1. The molecule has 2 aromatic rings. The summed E-state index contributed by atoms with van der Waals surface area (Å²) in [4.78, 5) is 16.2. The molecule has 1 saturated heterocycles. The minimum absolute atomic E-state index is 0.136. The Morgan fingerprint density at radius 3 is 2.37 bits per heavy atom. The van der Waals surface area contributed by atoms with Crippen molar-refractivity contribution in [2.24, 2.45) is 0 Å². The van der Waals surface area contributed by atoms with Crippen molar-refractivity contribution in [2.75, 3.05) is 39.8 Å². The maximum absolute atomic E-state index is 12.8. The predicted octanol–water partition coefficient (Wildman–Crippen LogP) is 1.16. The quantitative estimate of drug-likeness (QED) is 0.748. The number of hydrogen-bond donors (Lipinski definition) is 1. The second kappa shape index (κ2) is 9.29. The van der Waals surface area contributed by atoms with Crippen molar-refractivity contribution in [1.29, 1.82) is 0 Å². The highest BCUT2D eigenvalue weighted by atomic mass is 32.2. The Labute approximate surface area is 180 Å². The lowest BCUT2D eigenvalue weighted by molar-refractivity contribution is -0.917. The molecule has 3 rings (SSSR count). The molecule has 162 valence electrons. The van der Waals surface area contributed by atoms with Crippen LogP contribution in [0.2, 0.25) is 0 Å². The van der Waals surface area contributed by atoms with Gasteiger partial charge in [0.05, 0.1) is 37.6 Å². The van der Waals surface area contributed by atoms with Gasteiger partial charge in [-0.1, -0.05) is 35.9 Å². The molecule has 0 saturated carbocycles. The van der Waals surface area contributed by atoms with Gasteiger partial charge in [0.1, 0.15) is 6.54 Å². The van der Waals surface area contributed by atoms with Crippen LogP contribution in [-0.4, -0.2) is 63.3 Å². The van der Waals surface area contributed by atoms with Gasteiger partial charge in [-0.15, -0.1) is 0 Å². The standard InChI is InChI=1S/C23H31N3O3S/c1-18-6-5-7-21(14-18)16-25-10-12-26(13-11-25)23(27)17-24(4)30(28,29)22-9-8-19(2)20(3)15-22/h5-9,14-15H,10-13,16-17H2,1-4H3/p+1. The fraction of sp³-hybridized carbons (Fsp3) is 0.435. The van der Waals surface area contributed by atoms with E-state index in [0.29, 0.717) is 13.1 Å². The zero-order chi connectivity index (χ0) is 21.9. The van der Waals surface area contributed by atoms with Crippen LogP contribution in [-0.2, 0) is 21.4 Å². The minimum Gasteiger partial charge on any atom is -0.330 e. The molecular formula is C23H32N3O3S+. The number of amides is 1. The molecule has 1 aliphatic heterocycles. The maximum atomic E-state index is 12.8. The number of nitrogens with zero attached hydrogens (tertiary/aromatic N) is 2. The van der Waals surface area contributed by atoms with Gasteiger partial charge in [-0.3, -0.25) is 4.79 Å². The van der Waals surface area contributed by atoms with Gasteiger partial charge < -0.3 is 9.80 Å². The number of carbonyl (C=O) groups is 1. The van der Waals surface area contributed by atoms with Crippen molar-refractivity contribution in [3.63, 3.8) is 0 Å². The molecule has 0 unspecified atom stereocenters. The molecule has 2 aromatic carbocycles. The summed E-state index contributed by atoms with van der Waals surface area (Å²) in [5.74, 6) is -0.139. The third-order valence-electron chi connectivity index (χ3n) is 5.90. The molecule has 1 N–H and O–H groups in total. The summed E-state index contributed by atoms with van der Waals surface area (Å²) in [7, 11) is -2.21. The zero-order valence-electron chi connectivity index (χ0n) is 18.3. The Bertz CT molecular complexity index is 1010. The third-order valence-corrected chi connectivity index (χ3v) is 7.70. The normalized spacial score (nSPS) is 15.6. The van der Waals surface area contributed by atoms with Crippen LogP contribution < -0.4 is 4.90 Å². The summed E-state index contributed by atoms with van der Waals surface area (Å²) in [5, 5.41) is 0. The van der Waals surface area contributed by atoms with E-state index in [1.165, 1.54) is 23.1 Å². The van der Waals surface area contributed by atoms with Gasteiger partial charge in [0.25, 0.3) is 0 Å². The Hall–Kier alpha value is -2.22. The number of quaternary nitrogens is 1. The van der Waals surface area contributed by atoms with Crippen LogP contribution in [0.4, 0.5) is 0 Å². The molecule has 7 heteroatoms. The average molecular weight is 431 g/mol. The minimum atomic E-state index is -3.69. The summed E-state index contributed by atoms with van der Waals surface area (Å²) < 4.78 is 26.9. The smallest absolute Gasteiger partial charge is 0.243 e. The van der Waals surface area contributed by atoms with Gasteiger partial charge in [-0.05, 0) is 44.0 Å². The molecule has 1 fully saturated rings. The van der Waals surface area contributed by atoms with E-state index in [0.717, 1.165) is 35.1 Å². The molecule has 0 bridgehead atoms. The lowest BCUT2D eigenvalue weighted by Crippen LogP contribution is -3.13. The van der Waals surface area contributed by atoms with E-state index >= 15 is 0 Å². The molecule has 1 heterocycles. The predicted molar refractivity (Wildman–Crippen MR) is 118 cm³/mol. The van der Waals surface area contributed by atoms with E-state index in [-0.39, 0.29) is 17.3 Å². The number of rotatable bonds is 6. The summed E-state index contributed by atoms with van der Waals surface area (Å²) >= 11 is 0. The van der Waals surface area contributed by atoms with E-state index in [4.69, 9.17) is 0 Å². The van der Waals surface area contributed by atoms with Crippen molar-refractivity contribution in [2.45, 2.75) is 32.2 Å². The molecule has 1 amide bonds. The third kappa shape index (κ3) is 5.28. The molecular weight excluding hydrogens is 398 g/mol. The zero-order valence-corrected chi connectivity index (χ0v) is 19.1. The molecule has 30 heavy (non-hydrogen) atoms. The molecule has 6 nitrogen and oxygen atoms in total.